The zero-order chi connectivity index (χ0) is 23.0. The fourth-order valence-electron chi connectivity index (χ4n) is 4.59. The normalized spacial score (nSPS) is 18.6. The monoisotopic (exact) mass is 474 g/mol. The van der Waals surface area contributed by atoms with Gasteiger partial charge in [-0.3, -0.25) is 0 Å². The molecule has 0 spiro atoms. The van der Waals surface area contributed by atoms with E-state index in [0.717, 1.165) is 45.5 Å². The minimum Gasteiger partial charge on any atom is -0.378 e. The minimum atomic E-state index is -0.198. The van der Waals surface area contributed by atoms with E-state index in [1.165, 1.54) is 103 Å². The van der Waals surface area contributed by atoms with Crippen molar-refractivity contribution in [2.45, 2.75) is 141 Å². The standard InChI is InChI=1S/C28H55ClO3/c1-2-3-4-5-6-7-8-9-10-11-12-13-14-15-16-18-23-30-26-28(21-20-25-32-28)27-31-24-19-17-22-29/h2-27H2,1H3. The molecule has 0 aromatic heterocycles. The fraction of sp³-hybridized carbons (Fsp3) is 1.00. The van der Waals surface area contributed by atoms with Crippen LogP contribution in [0.2, 0.25) is 0 Å². The second-order valence-electron chi connectivity index (χ2n) is 9.94. The lowest BCUT2D eigenvalue weighted by Crippen LogP contribution is -2.39. The van der Waals surface area contributed by atoms with Crippen LogP contribution in [0.15, 0.2) is 0 Å². The average molecular weight is 475 g/mol. The zero-order valence-electron chi connectivity index (χ0n) is 21.5. The fourth-order valence-corrected chi connectivity index (χ4v) is 4.78. The molecule has 0 N–H and O–H groups in total. The topological polar surface area (TPSA) is 27.7 Å². The van der Waals surface area contributed by atoms with Gasteiger partial charge in [-0.25, -0.2) is 0 Å². The predicted molar refractivity (Wildman–Crippen MR) is 139 cm³/mol. The Balaban J connectivity index is 1.82. The molecule has 1 rings (SSSR count). The maximum Gasteiger partial charge on any atom is 0.115 e. The third-order valence-electron chi connectivity index (χ3n) is 6.73. The zero-order valence-corrected chi connectivity index (χ0v) is 22.2. The second-order valence-corrected chi connectivity index (χ2v) is 10.3. The van der Waals surface area contributed by atoms with E-state index in [2.05, 4.69) is 6.92 Å². The van der Waals surface area contributed by atoms with E-state index in [4.69, 9.17) is 25.8 Å². The first kappa shape index (κ1) is 30.2. The smallest absolute Gasteiger partial charge is 0.115 e. The van der Waals surface area contributed by atoms with Gasteiger partial charge in [0.05, 0.1) is 13.2 Å². The molecule has 0 saturated carbocycles. The van der Waals surface area contributed by atoms with Gasteiger partial charge < -0.3 is 14.2 Å². The lowest BCUT2D eigenvalue weighted by molar-refractivity contribution is -0.107. The maximum atomic E-state index is 6.00. The first-order chi connectivity index (χ1) is 15.8. The number of hydrogen-bond donors (Lipinski definition) is 0. The molecule has 1 fully saturated rings. The molecular formula is C28H55ClO3. The molecule has 1 aliphatic rings. The molecule has 0 aliphatic carbocycles. The van der Waals surface area contributed by atoms with E-state index < -0.39 is 0 Å². The predicted octanol–water partition coefficient (Wildman–Crippen LogP) is 8.85. The van der Waals surface area contributed by atoms with Crippen molar-refractivity contribution in [2.75, 3.05) is 38.9 Å². The molecule has 3 nitrogen and oxygen atoms in total. The number of ether oxygens (including phenoxy) is 3. The van der Waals surface area contributed by atoms with Gasteiger partial charge in [0.2, 0.25) is 0 Å². The van der Waals surface area contributed by atoms with Crippen LogP contribution in [-0.2, 0) is 14.2 Å². The highest BCUT2D eigenvalue weighted by molar-refractivity contribution is 6.17. The van der Waals surface area contributed by atoms with Crippen LogP contribution in [0, 0.1) is 0 Å². The van der Waals surface area contributed by atoms with Crippen molar-refractivity contribution in [3.63, 3.8) is 0 Å². The van der Waals surface area contributed by atoms with Crippen molar-refractivity contribution >= 4 is 11.6 Å². The Hall–Kier alpha value is 0.170. The van der Waals surface area contributed by atoms with Gasteiger partial charge in [0, 0.05) is 25.7 Å². The third kappa shape index (κ3) is 17.6. The van der Waals surface area contributed by atoms with Crippen molar-refractivity contribution in [2.24, 2.45) is 0 Å². The molecule has 4 heteroatoms. The molecule has 0 radical (unpaired) electrons. The first-order valence-corrected chi connectivity index (χ1v) is 14.7. The van der Waals surface area contributed by atoms with Crippen LogP contribution >= 0.6 is 11.6 Å². The summed E-state index contributed by atoms with van der Waals surface area (Å²) in [6, 6.07) is 0. The van der Waals surface area contributed by atoms with Crippen molar-refractivity contribution in [3.05, 3.63) is 0 Å². The summed E-state index contributed by atoms with van der Waals surface area (Å²) in [5.74, 6) is 0.716. The Bertz CT molecular complexity index is 372. The van der Waals surface area contributed by atoms with Gasteiger partial charge in [0.25, 0.3) is 0 Å². The van der Waals surface area contributed by atoms with E-state index >= 15 is 0 Å². The number of unbranched alkanes of at least 4 members (excludes halogenated alkanes) is 16. The second kappa shape index (κ2) is 22.9. The summed E-state index contributed by atoms with van der Waals surface area (Å²) in [6.45, 7) is 6.11. The summed E-state index contributed by atoms with van der Waals surface area (Å²) < 4.78 is 17.8. The van der Waals surface area contributed by atoms with Gasteiger partial charge in [-0.2, -0.15) is 0 Å². The SMILES string of the molecule is CCCCCCCCCCCCCCCCCCOCC1(COCCCCCl)CCCO1. The summed E-state index contributed by atoms with van der Waals surface area (Å²) in [5.41, 5.74) is -0.198. The highest BCUT2D eigenvalue weighted by Gasteiger charge is 2.35. The number of rotatable bonds is 25. The van der Waals surface area contributed by atoms with Crippen LogP contribution in [0.1, 0.15) is 135 Å². The summed E-state index contributed by atoms with van der Waals surface area (Å²) >= 11 is 5.72. The third-order valence-corrected chi connectivity index (χ3v) is 7.00. The average Bonchev–Trinajstić information content (AvgIpc) is 3.27. The van der Waals surface area contributed by atoms with Crippen molar-refractivity contribution in [1.29, 1.82) is 0 Å². The molecule has 32 heavy (non-hydrogen) atoms. The largest absolute Gasteiger partial charge is 0.378 e. The summed E-state index contributed by atoms with van der Waals surface area (Å²) in [7, 11) is 0. The van der Waals surface area contributed by atoms with E-state index in [9.17, 15) is 0 Å². The molecule has 0 aromatic rings. The minimum absolute atomic E-state index is 0.198. The molecular weight excluding hydrogens is 420 g/mol. The van der Waals surface area contributed by atoms with Crippen LogP contribution in [0.25, 0.3) is 0 Å². The Kier molecular flexibility index (Phi) is 21.6. The number of hydrogen-bond acceptors (Lipinski definition) is 3. The summed E-state index contributed by atoms with van der Waals surface area (Å²) in [5, 5.41) is 0. The number of halogens is 1. The van der Waals surface area contributed by atoms with Gasteiger partial charge in [-0.1, -0.05) is 103 Å². The van der Waals surface area contributed by atoms with E-state index in [1.807, 2.05) is 0 Å². The van der Waals surface area contributed by atoms with Gasteiger partial charge >= 0.3 is 0 Å². The molecule has 0 amide bonds. The quantitative estimate of drug-likeness (QED) is 0.0976. The molecule has 1 saturated heterocycles. The Morgan fingerprint density at radius 1 is 0.625 bits per heavy atom. The lowest BCUT2D eigenvalue weighted by atomic mass is 10.0. The van der Waals surface area contributed by atoms with Gasteiger partial charge in [-0.15, -0.1) is 11.6 Å². The summed E-state index contributed by atoms with van der Waals surface area (Å²) in [4.78, 5) is 0. The Labute approximate surface area is 205 Å². The first-order valence-electron chi connectivity index (χ1n) is 14.2. The highest BCUT2D eigenvalue weighted by Crippen LogP contribution is 2.27. The van der Waals surface area contributed by atoms with Crippen LogP contribution in [0.5, 0.6) is 0 Å². The van der Waals surface area contributed by atoms with Crippen LogP contribution < -0.4 is 0 Å². The lowest BCUT2D eigenvalue weighted by Gasteiger charge is -2.28. The number of alkyl halides is 1. The van der Waals surface area contributed by atoms with Crippen LogP contribution in [0.3, 0.4) is 0 Å². The molecule has 1 unspecified atom stereocenters. The Morgan fingerprint density at radius 3 is 1.47 bits per heavy atom. The van der Waals surface area contributed by atoms with Crippen molar-refractivity contribution in [1.82, 2.24) is 0 Å². The molecule has 1 aliphatic heterocycles. The van der Waals surface area contributed by atoms with Gasteiger partial charge in [0.1, 0.15) is 5.60 Å². The van der Waals surface area contributed by atoms with E-state index in [0.29, 0.717) is 19.1 Å². The van der Waals surface area contributed by atoms with Crippen LogP contribution in [-0.4, -0.2) is 44.5 Å². The molecule has 1 heterocycles. The van der Waals surface area contributed by atoms with Gasteiger partial charge in [0.15, 0.2) is 0 Å². The van der Waals surface area contributed by atoms with E-state index in [1.54, 1.807) is 0 Å². The van der Waals surface area contributed by atoms with E-state index in [-0.39, 0.29) is 5.60 Å². The van der Waals surface area contributed by atoms with Crippen molar-refractivity contribution < 1.29 is 14.2 Å². The highest BCUT2D eigenvalue weighted by atomic mass is 35.5. The summed E-state index contributed by atoms with van der Waals surface area (Å²) in [6.07, 6.45) is 26.7. The molecule has 192 valence electrons. The molecule has 0 bridgehead atoms. The Morgan fingerprint density at radius 2 is 1.06 bits per heavy atom. The molecule has 0 aromatic carbocycles. The van der Waals surface area contributed by atoms with Crippen LogP contribution in [0.4, 0.5) is 0 Å². The van der Waals surface area contributed by atoms with Crippen molar-refractivity contribution in [3.8, 4) is 0 Å². The molecule has 1 atom stereocenters. The van der Waals surface area contributed by atoms with Gasteiger partial charge in [-0.05, 0) is 32.1 Å². The maximum absolute atomic E-state index is 6.00.